The summed E-state index contributed by atoms with van der Waals surface area (Å²) in [5.74, 6) is 0. The van der Waals surface area contributed by atoms with Crippen molar-refractivity contribution in [3.63, 3.8) is 0 Å². The van der Waals surface area contributed by atoms with Crippen LogP contribution in [0, 0.1) is 5.41 Å². The molecule has 4 heteroatoms. The molecule has 0 aromatic carbocycles. The van der Waals surface area contributed by atoms with Crippen LogP contribution in [0.2, 0.25) is 0 Å². The normalized spacial score (nSPS) is 12.0. The second kappa shape index (κ2) is 11.0. The third kappa shape index (κ3) is 7.71. The highest BCUT2D eigenvalue weighted by molar-refractivity contribution is 4.77. The van der Waals surface area contributed by atoms with Crippen molar-refractivity contribution in [1.29, 1.82) is 0 Å². The molecule has 17 heavy (non-hydrogen) atoms. The molecule has 0 aromatic heterocycles. The summed E-state index contributed by atoms with van der Waals surface area (Å²) in [6.45, 7) is 6.44. The van der Waals surface area contributed by atoms with E-state index in [-0.39, 0.29) is 18.6 Å². The first kappa shape index (κ1) is 16.8. The lowest BCUT2D eigenvalue weighted by atomic mass is 9.82. The van der Waals surface area contributed by atoms with Gasteiger partial charge in [0.2, 0.25) is 0 Å². The van der Waals surface area contributed by atoms with Gasteiger partial charge in [0, 0.05) is 5.41 Å². The van der Waals surface area contributed by atoms with Crippen LogP contribution >= 0.6 is 0 Å². The van der Waals surface area contributed by atoms with E-state index < -0.39 is 0 Å². The lowest BCUT2D eigenvalue weighted by molar-refractivity contribution is -0.0428. The maximum absolute atomic E-state index is 8.74. The van der Waals surface area contributed by atoms with E-state index >= 15 is 0 Å². The van der Waals surface area contributed by atoms with Gasteiger partial charge < -0.3 is 19.7 Å². The summed E-state index contributed by atoms with van der Waals surface area (Å²) in [5.41, 5.74) is 0.0281. The van der Waals surface area contributed by atoms with Crippen molar-refractivity contribution in [2.45, 2.75) is 39.5 Å². The summed E-state index contributed by atoms with van der Waals surface area (Å²) in [4.78, 5) is 0. The van der Waals surface area contributed by atoms with Gasteiger partial charge in [-0.2, -0.15) is 0 Å². The predicted molar refractivity (Wildman–Crippen MR) is 68.1 cm³/mol. The molecule has 0 saturated carbocycles. The van der Waals surface area contributed by atoms with Gasteiger partial charge in [-0.3, -0.25) is 0 Å². The van der Waals surface area contributed by atoms with Gasteiger partial charge in [-0.15, -0.1) is 0 Å². The highest BCUT2D eigenvalue weighted by Crippen LogP contribution is 2.29. The van der Waals surface area contributed by atoms with Gasteiger partial charge in [-0.1, -0.05) is 26.7 Å². The first-order valence-corrected chi connectivity index (χ1v) is 6.62. The molecular formula is C13H28O4. The number of rotatable bonds is 12. The van der Waals surface area contributed by atoms with Crippen LogP contribution in [0.25, 0.3) is 0 Å². The predicted octanol–water partition coefficient (Wildman–Crippen LogP) is 1.59. The first-order valence-electron chi connectivity index (χ1n) is 6.62. The average molecular weight is 248 g/mol. The lowest BCUT2D eigenvalue weighted by Crippen LogP contribution is -2.33. The summed E-state index contributed by atoms with van der Waals surface area (Å²) in [5, 5.41) is 17.5. The molecule has 4 nitrogen and oxygen atoms in total. The fourth-order valence-corrected chi connectivity index (χ4v) is 1.83. The molecule has 0 bridgehead atoms. The molecule has 0 aromatic rings. The summed E-state index contributed by atoms with van der Waals surface area (Å²) in [6.07, 6.45) is 4.36. The van der Waals surface area contributed by atoms with E-state index in [4.69, 9.17) is 19.7 Å². The Balaban J connectivity index is 4.17. The molecule has 0 amide bonds. The molecule has 0 heterocycles. The zero-order valence-corrected chi connectivity index (χ0v) is 11.3. The summed E-state index contributed by atoms with van der Waals surface area (Å²) in [6, 6.07) is 0. The van der Waals surface area contributed by atoms with Crippen molar-refractivity contribution in [2.24, 2.45) is 5.41 Å². The molecule has 0 saturated heterocycles. The highest BCUT2D eigenvalue weighted by Gasteiger charge is 2.28. The van der Waals surface area contributed by atoms with Crippen molar-refractivity contribution in [3.8, 4) is 0 Å². The third-order valence-corrected chi connectivity index (χ3v) is 3.10. The number of aliphatic hydroxyl groups excluding tert-OH is 2. The number of hydrogen-bond donors (Lipinski definition) is 2. The Labute approximate surface area is 105 Å². The Bertz CT molecular complexity index is 151. The Kier molecular flexibility index (Phi) is 10.9. The zero-order chi connectivity index (χ0) is 13.0. The van der Waals surface area contributed by atoms with Crippen LogP contribution in [0.4, 0.5) is 0 Å². The van der Waals surface area contributed by atoms with E-state index in [2.05, 4.69) is 13.8 Å². The van der Waals surface area contributed by atoms with Crippen LogP contribution in [0.15, 0.2) is 0 Å². The molecular weight excluding hydrogens is 220 g/mol. The average Bonchev–Trinajstić information content (AvgIpc) is 2.36. The lowest BCUT2D eigenvalue weighted by Gasteiger charge is -2.32. The number of hydrogen-bond acceptors (Lipinski definition) is 4. The molecule has 0 atom stereocenters. The van der Waals surface area contributed by atoms with Gasteiger partial charge in [0.15, 0.2) is 0 Å². The van der Waals surface area contributed by atoms with E-state index in [1.165, 1.54) is 0 Å². The maximum atomic E-state index is 8.74. The highest BCUT2D eigenvalue weighted by atomic mass is 16.5. The van der Waals surface area contributed by atoms with Crippen LogP contribution in [0.3, 0.4) is 0 Å². The van der Waals surface area contributed by atoms with Crippen LogP contribution in [-0.2, 0) is 9.47 Å². The Morgan fingerprint density at radius 3 is 1.82 bits per heavy atom. The van der Waals surface area contributed by atoms with Gasteiger partial charge >= 0.3 is 0 Å². The smallest absolute Gasteiger partial charge is 0.0698 e. The molecule has 2 N–H and O–H groups in total. The van der Waals surface area contributed by atoms with E-state index in [9.17, 15) is 0 Å². The molecule has 0 radical (unpaired) electrons. The molecule has 0 unspecified atom stereocenters. The summed E-state index contributed by atoms with van der Waals surface area (Å²) >= 11 is 0. The van der Waals surface area contributed by atoms with Crippen molar-refractivity contribution >= 4 is 0 Å². The Hall–Kier alpha value is -0.160. The molecule has 0 aliphatic heterocycles. The van der Waals surface area contributed by atoms with Crippen molar-refractivity contribution in [1.82, 2.24) is 0 Å². The van der Waals surface area contributed by atoms with Crippen LogP contribution < -0.4 is 0 Å². The van der Waals surface area contributed by atoms with Crippen LogP contribution in [0.5, 0.6) is 0 Å². The zero-order valence-electron chi connectivity index (χ0n) is 11.3. The maximum Gasteiger partial charge on any atom is 0.0698 e. The van der Waals surface area contributed by atoms with Gasteiger partial charge in [0.1, 0.15) is 0 Å². The van der Waals surface area contributed by atoms with E-state index in [1.807, 2.05) is 0 Å². The third-order valence-electron chi connectivity index (χ3n) is 3.10. The Morgan fingerprint density at radius 2 is 1.47 bits per heavy atom. The van der Waals surface area contributed by atoms with Gasteiger partial charge in [0.05, 0.1) is 39.6 Å². The second-order valence-electron chi connectivity index (χ2n) is 4.51. The van der Waals surface area contributed by atoms with Gasteiger partial charge in [0.25, 0.3) is 0 Å². The SMILES string of the molecule is CCCCC(CC)(COCCO)COCCO. The van der Waals surface area contributed by atoms with Gasteiger partial charge in [-0.25, -0.2) is 0 Å². The van der Waals surface area contributed by atoms with Gasteiger partial charge in [-0.05, 0) is 12.8 Å². The quantitative estimate of drug-likeness (QED) is 0.515. The summed E-state index contributed by atoms with van der Waals surface area (Å²) in [7, 11) is 0. The van der Waals surface area contributed by atoms with Crippen molar-refractivity contribution in [2.75, 3.05) is 39.6 Å². The molecule has 0 spiro atoms. The van der Waals surface area contributed by atoms with Crippen LogP contribution in [0.1, 0.15) is 39.5 Å². The minimum atomic E-state index is 0.0281. The number of unbranched alkanes of at least 4 members (excludes halogenated alkanes) is 1. The molecule has 0 fully saturated rings. The molecule has 0 aliphatic carbocycles. The summed E-state index contributed by atoms with van der Waals surface area (Å²) < 4.78 is 10.9. The molecule has 104 valence electrons. The largest absolute Gasteiger partial charge is 0.394 e. The number of ether oxygens (including phenoxy) is 2. The molecule has 0 aliphatic rings. The number of aliphatic hydroxyl groups is 2. The van der Waals surface area contributed by atoms with E-state index in [1.54, 1.807) is 0 Å². The van der Waals surface area contributed by atoms with E-state index in [0.29, 0.717) is 26.4 Å². The fraction of sp³-hybridized carbons (Fsp3) is 1.00. The van der Waals surface area contributed by atoms with Crippen LogP contribution in [-0.4, -0.2) is 49.9 Å². The standard InChI is InChI=1S/C13H28O4/c1-3-5-6-13(4-2,11-16-9-7-14)12-17-10-8-15/h14-15H,3-12H2,1-2H3. The topological polar surface area (TPSA) is 58.9 Å². The minimum Gasteiger partial charge on any atom is -0.394 e. The fourth-order valence-electron chi connectivity index (χ4n) is 1.83. The van der Waals surface area contributed by atoms with Crippen molar-refractivity contribution in [3.05, 3.63) is 0 Å². The molecule has 0 rings (SSSR count). The van der Waals surface area contributed by atoms with Crippen molar-refractivity contribution < 1.29 is 19.7 Å². The monoisotopic (exact) mass is 248 g/mol. The van der Waals surface area contributed by atoms with E-state index in [0.717, 1.165) is 25.7 Å². The minimum absolute atomic E-state index is 0.0281. The Morgan fingerprint density at radius 1 is 0.941 bits per heavy atom. The first-order chi connectivity index (χ1) is 8.24. The second-order valence-corrected chi connectivity index (χ2v) is 4.51.